The summed E-state index contributed by atoms with van der Waals surface area (Å²) in [4.78, 5) is 5.97. The Labute approximate surface area is 184 Å². The molecule has 0 amide bonds. The summed E-state index contributed by atoms with van der Waals surface area (Å²) < 4.78 is 11.1. The molecule has 3 heterocycles. The Bertz CT molecular complexity index is 1070. The van der Waals surface area contributed by atoms with Crippen molar-refractivity contribution in [2.75, 3.05) is 32.2 Å². The maximum atomic E-state index is 5.65. The number of fused-ring (bicyclic) bond motifs is 1. The van der Waals surface area contributed by atoms with Crippen LogP contribution in [0, 0.1) is 11.3 Å². The number of piperidine rings is 1. The summed E-state index contributed by atoms with van der Waals surface area (Å²) in [7, 11) is 3.40. The maximum absolute atomic E-state index is 5.65. The molecule has 2 fully saturated rings. The topological polar surface area (TPSA) is 49.5 Å². The lowest BCUT2D eigenvalue weighted by Gasteiger charge is -2.68. The van der Waals surface area contributed by atoms with Gasteiger partial charge in [-0.1, -0.05) is 19.9 Å². The third kappa shape index (κ3) is 3.09. The second-order valence-electron chi connectivity index (χ2n) is 9.38. The second kappa shape index (κ2) is 7.79. The van der Waals surface area contributed by atoms with Crippen molar-refractivity contribution in [1.82, 2.24) is 10.3 Å². The minimum atomic E-state index is 0.226. The predicted octanol–water partition coefficient (Wildman–Crippen LogP) is 5.14. The van der Waals surface area contributed by atoms with Crippen LogP contribution in [0.1, 0.15) is 38.3 Å². The molecule has 5 heteroatoms. The summed E-state index contributed by atoms with van der Waals surface area (Å²) in [6.07, 6.45) is 4.50. The highest BCUT2D eigenvalue weighted by molar-refractivity contribution is 5.80. The molecule has 164 valence electrons. The number of nitrogens with one attached hydrogen (secondary N) is 2. The number of nitrogens with zero attached hydrogens (tertiary/aromatic N) is 1. The number of aromatic amines is 1. The van der Waals surface area contributed by atoms with Crippen LogP contribution in [0.5, 0.6) is 11.5 Å². The van der Waals surface area contributed by atoms with Crippen LogP contribution >= 0.6 is 0 Å². The van der Waals surface area contributed by atoms with Gasteiger partial charge in [0.1, 0.15) is 0 Å². The molecule has 0 radical (unpaired) electrons. The zero-order valence-corrected chi connectivity index (χ0v) is 18.9. The van der Waals surface area contributed by atoms with Crippen molar-refractivity contribution in [1.29, 1.82) is 0 Å². The Morgan fingerprint density at radius 2 is 1.87 bits per heavy atom. The van der Waals surface area contributed by atoms with Crippen molar-refractivity contribution in [3.05, 3.63) is 54.2 Å². The third-order valence-corrected chi connectivity index (χ3v) is 7.35. The van der Waals surface area contributed by atoms with Crippen molar-refractivity contribution >= 4 is 16.6 Å². The normalized spacial score (nSPS) is 25.8. The van der Waals surface area contributed by atoms with E-state index in [-0.39, 0.29) is 5.41 Å². The van der Waals surface area contributed by atoms with Gasteiger partial charge in [0.25, 0.3) is 0 Å². The molecule has 0 bridgehead atoms. The second-order valence-corrected chi connectivity index (χ2v) is 9.38. The molecule has 2 aromatic carbocycles. The van der Waals surface area contributed by atoms with E-state index in [0.717, 1.165) is 24.6 Å². The summed E-state index contributed by atoms with van der Waals surface area (Å²) in [5, 5.41) is 5.00. The summed E-state index contributed by atoms with van der Waals surface area (Å²) in [5.41, 5.74) is 4.01. The number of ether oxygens (including phenoxy) is 2. The molecule has 1 aromatic heterocycles. The average Bonchev–Trinajstić information content (AvgIpc) is 3.25. The number of benzene rings is 2. The number of aromatic nitrogens is 1. The van der Waals surface area contributed by atoms with Crippen LogP contribution in [-0.2, 0) is 0 Å². The van der Waals surface area contributed by atoms with E-state index < -0.39 is 0 Å². The number of hydrogen-bond donors (Lipinski definition) is 2. The molecule has 5 nitrogen and oxygen atoms in total. The SMILES string of the molecule is COc1ccc(N2C(c3ccc4[nH]ccc4c3)C3(CCCNC3)C2C(C)C)cc1OC. The number of anilines is 1. The summed E-state index contributed by atoms with van der Waals surface area (Å²) >= 11 is 0. The largest absolute Gasteiger partial charge is 0.493 e. The lowest BCUT2D eigenvalue weighted by molar-refractivity contribution is 0.00292. The molecule has 2 aliphatic rings. The number of H-pyrrole nitrogens is 1. The molecule has 1 spiro atoms. The van der Waals surface area contributed by atoms with E-state index in [0.29, 0.717) is 18.0 Å². The molecule has 2 saturated heterocycles. The van der Waals surface area contributed by atoms with E-state index in [2.05, 4.69) is 65.4 Å². The van der Waals surface area contributed by atoms with Crippen LogP contribution in [0.4, 0.5) is 5.69 Å². The number of hydrogen-bond acceptors (Lipinski definition) is 4. The predicted molar refractivity (Wildman–Crippen MR) is 126 cm³/mol. The molecule has 3 unspecified atom stereocenters. The summed E-state index contributed by atoms with van der Waals surface area (Å²) in [6, 6.07) is 16.2. The highest BCUT2D eigenvalue weighted by atomic mass is 16.5. The van der Waals surface area contributed by atoms with Crippen LogP contribution in [0.15, 0.2) is 48.7 Å². The van der Waals surface area contributed by atoms with Crippen LogP contribution < -0.4 is 19.7 Å². The molecule has 31 heavy (non-hydrogen) atoms. The summed E-state index contributed by atoms with van der Waals surface area (Å²) in [5.74, 6) is 2.09. The molecule has 0 aliphatic carbocycles. The van der Waals surface area contributed by atoms with E-state index in [1.165, 1.54) is 35.0 Å². The van der Waals surface area contributed by atoms with E-state index >= 15 is 0 Å². The van der Waals surface area contributed by atoms with Gasteiger partial charge in [-0.2, -0.15) is 0 Å². The Kier molecular flexibility index (Phi) is 5.09. The van der Waals surface area contributed by atoms with Gasteiger partial charge in [0.2, 0.25) is 0 Å². The van der Waals surface area contributed by atoms with Gasteiger partial charge in [0, 0.05) is 41.5 Å². The lowest BCUT2D eigenvalue weighted by Crippen LogP contribution is -2.72. The minimum absolute atomic E-state index is 0.226. The van der Waals surface area contributed by atoms with Gasteiger partial charge < -0.3 is 24.7 Å². The molecular formula is C26H33N3O2. The first-order valence-electron chi connectivity index (χ1n) is 11.4. The number of rotatable bonds is 5. The Morgan fingerprint density at radius 3 is 2.58 bits per heavy atom. The van der Waals surface area contributed by atoms with Gasteiger partial charge in [0.15, 0.2) is 11.5 Å². The van der Waals surface area contributed by atoms with Crippen LogP contribution in [-0.4, -0.2) is 38.3 Å². The van der Waals surface area contributed by atoms with Crippen molar-refractivity contribution in [3.8, 4) is 11.5 Å². The van der Waals surface area contributed by atoms with E-state index in [1.54, 1.807) is 14.2 Å². The first kappa shape index (κ1) is 20.3. The van der Waals surface area contributed by atoms with Crippen LogP contribution in [0.3, 0.4) is 0 Å². The zero-order valence-electron chi connectivity index (χ0n) is 18.9. The molecule has 5 rings (SSSR count). The van der Waals surface area contributed by atoms with Gasteiger partial charge in [-0.15, -0.1) is 0 Å². The van der Waals surface area contributed by atoms with Gasteiger partial charge in [-0.05, 0) is 66.6 Å². The summed E-state index contributed by atoms with van der Waals surface area (Å²) in [6.45, 7) is 6.91. The lowest BCUT2D eigenvalue weighted by atomic mass is 9.56. The van der Waals surface area contributed by atoms with Gasteiger partial charge in [-0.3, -0.25) is 0 Å². The standard InChI is InChI=1S/C26H33N3O2/c1-17(2)24-26(11-5-12-27-16-26)25(19-6-8-21-18(14-19)10-13-28-21)29(24)20-7-9-22(30-3)23(15-20)31-4/h6-10,13-15,17,24-25,27-28H,5,11-12,16H2,1-4H3. The molecule has 2 aliphatic heterocycles. The quantitative estimate of drug-likeness (QED) is 0.601. The van der Waals surface area contributed by atoms with Crippen LogP contribution in [0.25, 0.3) is 10.9 Å². The van der Waals surface area contributed by atoms with E-state index in [4.69, 9.17) is 9.47 Å². The van der Waals surface area contributed by atoms with Gasteiger partial charge in [-0.25, -0.2) is 0 Å². The van der Waals surface area contributed by atoms with Crippen LogP contribution in [0.2, 0.25) is 0 Å². The highest BCUT2D eigenvalue weighted by Gasteiger charge is 2.61. The Balaban J connectivity index is 1.64. The molecule has 2 N–H and O–H groups in total. The maximum Gasteiger partial charge on any atom is 0.162 e. The molecule has 0 saturated carbocycles. The average molecular weight is 420 g/mol. The molecular weight excluding hydrogens is 386 g/mol. The molecule has 3 aromatic rings. The van der Waals surface area contributed by atoms with Crippen molar-refractivity contribution in [2.24, 2.45) is 11.3 Å². The van der Waals surface area contributed by atoms with Crippen molar-refractivity contribution in [3.63, 3.8) is 0 Å². The van der Waals surface area contributed by atoms with Crippen molar-refractivity contribution in [2.45, 2.75) is 38.8 Å². The van der Waals surface area contributed by atoms with E-state index in [9.17, 15) is 0 Å². The monoisotopic (exact) mass is 419 g/mol. The van der Waals surface area contributed by atoms with Gasteiger partial charge in [0.05, 0.1) is 20.3 Å². The fourth-order valence-electron chi connectivity index (χ4n) is 6.25. The number of methoxy groups -OCH3 is 2. The first-order chi connectivity index (χ1) is 15.1. The van der Waals surface area contributed by atoms with Gasteiger partial charge >= 0.3 is 0 Å². The fraction of sp³-hybridized carbons (Fsp3) is 0.462. The minimum Gasteiger partial charge on any atom is -0.493 e. The Morgan fingerprint density at radius 1 is 1.03 bits per heavy atom. The highest BCUT2D eigenvalue weighted by Crippen LogP contribution is 2.61. The third-order valence-electron chi connectivity index (χ3n) is 7.35. The Hall–Kier alpha value is -2.66. The molecule has 3 atom stereocenters. The smallest absolute Gasteiger partial charge is 0.162 e. The zero-order chi connectivity index (χ0) is 21.6. The van der Waals surface area contributed by atoms with Crippen molar-refractivity contribution < 1.29 is 9.47 Å². The first-order valence-corrected chi connectivity index (χ1v) is 11.4. The van der Waals surface area contributed by atoms with E-state index in [1.807, 2.05) is 12.3 Å². The fourth-order valence-corrected chi connectivity index (χ4v) is 6.25.